The first-order valence-electron chi connectivity index (χ1n) is 8.51. The molecule has 28 heavy (non-hydrogen) atoms. The van der Waals surface area contributed by atoms with Gasteiger partial charge in [-0.05, 0) is 67.6 Å². The highest BCUT2D eigenvalue weighted by molar-refractivity contribution is 6.04. The molecule has 1 aromatic heterocycles. The van der Waals surface area contributed by atoms with Gasteiger partial charge in [-0.2, -0.15) is 0 Å². The van der Waals surface area contributed by atoms with Gasteiger partial charge in [0.25, 0.3) is 5.91 Å². The maximum atomic E-state index is 12.3. The van der Waals surface area contributed by atoms with Crippen LogP contribution in [0.25, 0.3) is 0 Å². The van der Waals surface area contributed by atoms with Gasteiger partial charge in [0.05, 0.1) is 7.11 Å². The molecule has 0 aliphatic heterocycles. The van der Waals surface area contributed by atoms with Crippen LogP contribution in [0.3, 0.4) is 0 Å². The van der Waals surface area contributed by atoms with Gasteiger partial charge in [0.15, 0.2) is 6.10 Å². The van der Waals surface area contributed by atoms with Crippen molar-refractivity contribution in [1.29, 1.82) is 0 Å². The summed E-state index contributed by atoms with van der Waals surface area (Å²) < 4.78 is 16.1. The number of anilines is 1. The van der Waals surface area contributed by atoms with E-state index in [0.717, 1.165) is 0 Å². The van der Waals surface area contributed by atoms with Crippen LogP contribution in [0, 0.1) is 0 Å². The minimum atomic E-state index is -1.13. The number of carboxylic acid groups (broad SMARTS) is 1. The van der Waals surface area contributed by atoms with E-state index in [4.69, 9.17) is 19.0 Å². The number of carbonyl (C=O) groups is 2. The number of furan rings is 1. The van der Waals surface area contributed by atoms with Gasteiger partial charge in [0, 0.05) is 11.3 Å². The zero-order valence-corrected chi connectivity index (χ0v) is 15.3. The van der Waals surface area contributed by atoms with E-state index in [9.17, 15) is 9.59 Å². The van der Waals surface area contributed by atoms with Gasteiger partial charge < -0.3 is 24.3 Å². The number of carboxylic acids is 1. The lowest BCUT2D eigenvalue weighted by atomic mass is 10.2. The lowest BCUT2D eigenvalue weighted by Crippen LogP contribution is -2.11. The largest absolute Gasteiger partial charge is 0.497 e. The highest BCUT2D eigenvalue weighted by Gasteiger charge is 2.16. The third kappa shape index (κ3) is 4.50. The van der Waals surface area contributed by atoms with Crippen LogP contribution in [0.2, 0.25) is 0 Å². The molecule has 0 bridgehead atoms. The van der Waals surface area contributed by atoms with Crippen molar-refractivity contribution in [3.8, 4) is 11.5 Å². The second kappa shape index (κ2) is 8.30. The molecule has 2 aromatic carbocycles. The Labute approximate surface area is 161 Å². The standard InChI is InChI=1S/C21H19NO6/c1-13(18-11-12-19(28-18)21(24)25)27-17-7-3-14(4-8-17)20(23)22-15-5-9-16(26-2)10-6-15/h3-13H,1-2H3,(H,22,23)(H,24,25). The number of methoxy groups -OCH3 is 1. The van der Waals surface area contributed by atoms with Gasteiger partial charge in [-0.15, -0.1) is 0 Å². The van der Waals surface area contributed by atoms with E-state index in [0.29, 0.717) is 28.5 Å². The molecule has 0 aliphatic carbocycles. The summed E-state index contributed by atoms with van der Waals surface area (Å²) in [6, 6.07) is 16.6. The van der Waals surface area contributed by atoms with Gasteiger partial charge in [0.2, 0.25) is 5.76 Å². The molecule has 0 aliphatic rings. The molecular formula is C21H19NO6. The Morgan fingerprint density at radius 3 is 2.18 bits per heavy atom. The van der Waals surface area contributed by atoms with Crippen LogP contribution in [0.4, 0.5) is 5.69 Å². The van der Waals surface area contributed by atoms with Crippen LogP contribution in [0.1, 0.15) is 39.7 Å². The zero-order chi connectivity index (χ0) is 20.1. The van der Waals surface area contributed by atoms with Crippen molar-refractivity contribution >= 4 is 17.6 Å². The van der Waals surface area contributed by atoms with E-state index in [-0.39, 0.29) is 11.7 Å². The van der Waals surface area contributed by atoms with Crippen LogP contribution < -0.4 is 14.8 Å². The Balaban J connectivity index is 1.61. The Bertz CT molecular complexity index is 959. The smallest absolute Gasteiger partial charge is 0.371 e. The summed E-state index contributed by atoms with van der Waals surface area (Å²) in [6.45, 7) is 1.74. The van der Waals surface area contributed by atoms with Crippen LogP contribution in [0.15, 0.2) is 65.1 Å². The highest BCUT2D eigenvalue weighted by atomic mass is 16.5. The van der Waals surface area contributed by atoms with Gasteiger partial charge in [-0.25, -0.2) is 4.79 Å². The molecule has 144 valence electrons. The number of ether oxygens (including phenoxy) is 2. The van der Waals surface area contributed by atoms with Crippen molar-refractivity contribution in [2.75, 3.05) is 12.4 Å². The third-order valence-electron chi connectivity index (χ3n) is 4.02. The Kier molecular flexibility index (Phi) is 5.64. The Hall–Kier alpha value is -3.74. The fraction of sp³-hybridized carbons (Fsp3) is 0.143. The molecule has 0 saturated carbocycles. The Morgan fingerprint density at radius 2 is 1.61 bits per heavy atom. The fourth-order valence-electron chi connectivity index (χ4n) is 2.51. The zero-order valence-electron chi connectivity index (χ0n) is 15.3. The summed E-state index contributed by atoms with van der Waals surface area (Å²) in [7, 11) is 1.58. The summed E-state index contributed by atoms with van der Waals surface area (Å²) in [5, 5.41) is 11.7. The molecule has 0 saturated heterocycles. The summed E-state index contributed by atoms with van der Waals surface area (Å²) in [5.41, 5.74) is 1.13. The molecule has 1 amide bonds. The van der Waals surface area contributed by atoms with Gasteiger partial charge >= 0.3 is 5.97 Å². The minimum absolute atomic E-state index is 0.143. The molecular weight excluding hydrogens is 362 g/mol. The van der Waals surface area contributed by atoms with Crippen molar-refractivity contribution in [1.82, 2.24) is 0 Å². The number of hydrogen-bond donors (Lipinski definition) is 2. The SMILES string of the molecule is COc1ccc(NC(=O)c2ccc(OC(C)c3ccc(C(=O)O)o3)cc2)cc1. The quantitative estimate of drug-likeness (QED) is 0.630. The number of amides is 1. The van der Waals surface area contributed by atoms with Crippen molar-refractivity contribution in [2.24, 2.45) is 0 Å². The number of rotatable bonds is 7. The molecule has 7 nitrogen and oxygen atoms in total. The van der Waals surface area contributed by atoms with E-state index >= 15 is 0 Å². The molecule has 0 spiro atoms. The number of hydrogen-bond acceptors (Lipinski definition) is 5. The summed E-state index contributed by atoms with van der Waals surface area (Å²) in [6.07, 6.45) is -0.480. The summed E-state index contributed by atoms with van der Waals surface area (Å²) >= 11 is 0. The minimum Gasteiger partial charge on any atom is -0.497 e. The van der Waals surface area contributed by atoms with E-state index in [1.54, 1.807) is 68.6 Å². The van der Waals surface area contributed by atoms with Crippen LogP contribution >= 0.6 is 0 Å². The first kappa shape index (κ1) is 19.0. The number of benzene rings is 2. The number of carbonyl (C=O) groups excluding carboxylic acids is 1. The normalized spacial score (nSPS) is 11.5. The van der Waals surface area contributed by atoms with Crippen molar-refractivity contribution in [2.45, 2.75) is 13.0 Å². The Morgan fingerprint density at radius 1 is 0.964 bits per heavy atom. The van der Waals surface area contributed by atoms with E-state index in [1.807, 2.05) is 0 Å². The van der Waals surface area contributed by atoms with Crippen LogP contribution in [-0.4, -0.2) is 24.1 Å². The van der Waals surface area contributed by atoms with Gasteiger partial charge in [-0.1, -0.05) is 0 Å². The maximum Gasteiger partial charge on any atom is 0.371 e. The van der Waals surface area contributed by atoms with Gasteiger partial charge in [-0.3, -0.25) is 4.79 Å². The van der Waals surface area contributed by atoms with Crippen molar-refractivity contribution < 1.29 is 28.6 Å². The lowest BCUT2D eigenvalue weighted by Gasteiger charge is -2.13. The molecule has 1 heterocycles. The summed E-state index contributed by atoms with van der Waals surface area (Å²) in [5.74, 6) is 0.115. The van der Waals surface area contributed by atoms with Crippen molar-refractivity contribution in [3.63, 3.8) is 0 Å². The molecule has 1 unspecified atom stereocenters. The van der Waals surface area contributed by atoms with E-state index in [2.05, 4.69) is 5.32 Å². The van der Waals surface area contributed by atoms with Crippen molar-refractivity contribution in [3.05, 3.63) is 77.7 Å². The molecule has 3 aromatic rings. The fourth-order valence-corrected chi connectivity index (χ4v) is 2.51. The number of aromatic carboxylic acids is 1. The summed E-state index contributed by atoms with van der Waals surface area (Å²) in [4.78, 5) is 23.2. The predicted molar refractivity (Wildman–Crippen MR) is 102 cm³/mol. The molecule has 0 fully saturated rings. The molecule has 3 rings (SSSR count). The van der Waals surface area contributed by atoms with E-state index in [1.165, 1.54) is 6.07 Å². The maximum absolute atomic E-state index is 12.3. The lowest BCUT2D eigenvalue weighted by molar-refractivity contribution is 0.0655. The first-order valence-corrected chi connectivity index (χ1v) is 8.51. The average molecular weight is 381 g/mol. The van der Waals surface area contributed by atoms with E-state index < -0.39 is 12.1 Å². The topological polar surface area (TPSA) is 98.0 Å². The second-order valence-electron chi connectivity index (χ2n) is 5.97. The van der Waals surface area contributed by atoms with Gasteiger partial charge in [0.1, 0.15) is 17.3 Å². The average Bonchev–Trinajstić information content (AvgIpc) is 3.20. The number of nitrogens with one attached hydrogen (secondary N) is 1. The first-order chi connectivity index (χ1) is 13.5. The predicted octanol–water partition coefficient (Wildman–Crippen LogP) is 4.38. The molecule has 2 N–H and O–H groups in total. The molecule has 0 radical (unpaired) electrons. The van der Waals surface area contributed by atoms with Crippen LogP contribution in [-0.2, 0) is 0 Å². The monoisotopic (exact) mass is 381 g/mol. The van der Waals surface area contributed by atoms with Crippen LogP contribution in [0.5, 0.6) is 11.5 Å². The second-order valence-corrected chi connectivity index (χ2v) is 5.97. The third-order valence-corrected chi connectivity index (χ3v) is 4.02. The molecule has 7 heteroatoms. The highest BCUT2D eigenvalue weighted by Crippen LogP contribution is 2.24. The molecule has 1 atom stereocenters.